The van der Waals surface area contributed by atoms with Crippen LogP contribution in [0, 0.1) is 0 Å². The van der Waals surface area contributed by atoms with E-state index in [-0.39, 0.29) is 5.56 Å². The number of fused-ring (bicyclic) bond motifs is 1. The topological polar surface area (TPSA) is 56.5 Å². The second-order valence-electron chi connectivity index (χ2n) is 5.43. The number of hydrogen-bond acceptors (Lipinski definition) is 6. The number of thiazole rings is 1. The molecule has 0 bridgehead atoms. The summed E-state index contributed by atoms with van der Waals surface area (Å²) in [6.07, 6.45) is 2.85. The highest BCUT2D eigenvalue weighted by Crippen LogP contribution is 2.20. The third-order valence-corrected chi connectivity index (χ3v) is 5.36. The molecule has 0 amide bonds. The van der Waals surface area contributed by atoms with E-state index in [1.165, 1.54) is 15.9 Å². The van der Waals surface area contributed by atoms with Gasteiger partial charge in [0.15, 0.2) is 5.82 Å². The lowest BCUT2D eigenvalue weighted by Gasteiger charge is -2.04. The molecular formula is C18H15N3O2S2. The van der Waals surface area contributed by atoms with Crippen LogP contribution in [0.25, 0.3) is 22.4 Å². The third kappa shape index (κ3) is 3.20. The largest absolute Gasteiger partial charge is 0.494 e. The van der Waals surface area contributed by atoms with Gasteiger partial charge in [0.05, 0.1) is 11.1 Å². The predicted octanol–water partition coefficient (Wildman–Crippen LogP) is 3.22. The number of aromatic nitrogens is 3. The zero-order valence-electron chi connectivity index (χ0n) is 13.5. The Hall–Kier alpha value is -2.51. The zero-order valence-corrected chi connectivity index (χ0v) is 15.1. The third-order valence-electron chi connectivity index (χ3n) is 3.58. The van der Waals surface area contributed by atoms with E-state index in [1.807, 2.05) is 47.9 Å². The SMILES string of the molecule is CCCOc1ccc(-c2nc3s/c(=C/c4cccs4)c(=O)n3n2)cc1. The van der Waals surface area contributed by atoms with E-state index in [9.17, 15) is 4.79 Å². The summed E-state index contributed by atoms with van der Waals surface area (Å²) >= 11 is 2.95. The minimum absolute atomic E-state index is 0.130. The Bertz CT molecular complexity index is 1100. The van der Waals surface area contributed by atoms with Crippen molar-refractivity contribution in [3.8, 4) is 17.1 Å². The van der Waals surface area contributed by atoms with Gasteiger partial charge in [-0.15, -0.1) is 16.4 Å². The summed E-state index contributed by atoms with van der Waals surface area (Å²) in [6, 6.07) is 11.6. The maximum atomic E-state index is 12.5. The summed E-state index contributed by atoms with van der Waals surface area (Å²) in [6.45, 7) is 2.77. The Balaban J connectivity index is 1.67. The van der Waals surface area contributed by atoms with Crippen molar-refractivity contribution >= 4 is 33.7 Å². The van der Waals surface area contributed by atoms with Crippen molar-refractivity contribution in [2.45, 2.75) is 13.3 Å². The minimum atomic E-state index is -0.130. The molecule has 126 valence electrons. The molecule has 3 aromatic heterocycles. The lowest BCUT2D eigenvalue weighted by molar-refractivity contribution is 0.317. The summed E-state index contributed by atoms with van der Waals surface area (Å²) in [4.78, 5) is 18.6. The van der Waals surface area contributed by atoms with E-state index < -0.39 is 0 Å². The van der Waals surface area contributed by atoms with Crippen LogP contribution >= 0.6 is 22.7 Å². The monoisotopic (exact) mass is 369 g/mol. The van der Waals surface area contributed by atoms with Crippen LogP contribution in [0.5, 0.6) is 5.75 Å². The van der Waals surface area contributed by atoms with Crippen LogP contribution in [0.1, 0.15) is 18.2 Å². The molecule has 25 heavy (non-hydrogen) atoms. The van der Waals surface area contributed by atoms with Crippen LogP contribution in [0.2, 0.25) is 0 Å². The van der Waals surface area contributed by atoms with Crippen molar-refractivity contribution < 1.29 is 4.74 Å². The van der Waals surface area contributed by atoms with E-state index in [2.05, 4.69) is 17.0 Å². The van der Waals surface area contributed by atoms with Crippen LogP contribution in [0.15, 0.2) is 46.6 Å². The van der Waals surface area contributed by atoms with Crippen molar-refractivity contribution in [3.05, 3.63) is 61.5 Å². The van der Waals surface area contributed by atoms with E-state index in [4.69, 9.17) is 4.74 Å². The number of thiophene rings is 1. The standard InChI is InChI=1S/C18H15N3O2S2/c1-2-9-23-13-7-5-12(6-8-13)16-19-18-21(20-16)17(22)15(25-18)11-14-4-3-10-24-14/h3-8,10-11H,2,9H2,1H3/b15-11+. The number of hydrogen-bond donors (Lipinski definition) is 0. The lowest BCUT2D eigenvalue weighted by Crippen LogP contribution is -2.23. The first-order chi connectivity index (χ1) is 12.2. The van der Waals surface area contributed by atoms with Gasteiger partial charge in [0.1, 0.15) is 5.75 Å². The summed E-state index contributed by atoms with van der Waals surface area (Å²) in [7, 11) is 0. The number of nitrogens with zero attached hydrogens (tertiary/aromatic N) is 3. The van der Waals surface area contributed by atoms with E-state index in [1.54, 1.807) is 11.3 Å². The van der Waals surface area contributed by atoms with Crippen LogP contribution < -0.4 is 14.8 Å². The molecule has 0 saturated heterocycles. The highest BCUT2D eigenvalue weighted by Gasteiger charge is 2.12. The molecule has 0 saturated carbocycles. The van der Waals surface area contributed by atoms with Crippen molar-refractivity contribution in [2.75, 3.05) is 6.61 Å². The first kappa shape index (κ1) is 16.0. The molecule has 0 N–H and O–H groups in total. The Morgan fingerprint density at radius 3 is 2.76 bits per heavy atom. The second-order valence-corrected chi connectivity index (χ2v) is 7.42. The van der Waals surface area contributed by atoms with E-state index in [0.29, 0.717) is 21.9 Å². The number of benzene rings is 1. The molecule has 3 heterocycles. The number of ether oxygens (including phenoxy) is 1. The maximum Gasteiger partial charge on any atom is 0.291 e. The average molecular weight is 369 g/mol. The van der Waals surface area contributed by atoms with Gasteiger partial charge in [0.25, 0.3) is 5.56 Å². The van der Waals surface area contributed by atoms with Crippen molar-refractivity contribution in [2.24, 2.45) is 0 Å². The van der Waals surface area contributed by atoms with E-state index in [0.717, 1.165) is 22.6 Å². The zero-order chi connectivity index (χ0) is 17.2. The van der Waals surface area contributed by atoms with Gasteiger partial charge in [-0.1, -0.05) is 24.3 Å². The van der Waals surface area contributed by atoms with Crippen LogP contribution in [-0.4, -0.2) is 21.2 Å². The van der Waals surface area contributed by atoms with Crippen LogP contribution in [0.3, 0.4) is 0 Å². The van der Waals surface area contributed by atoms with Crippen LogP contribution in [0.4, 0.5) is 0 Å². The van der Waals surface area contributed by atoms with Gasteiger partial charge in [0.2, 0.25) is 4.96 Å². The maximum absolute atomic E-state index is 12.5. The first-order valence-corrected chi connectivity index (χ1v) is 9.62. The van der Waals surface area contributed by atoms with Gasteiger partial charge in [0, 0.05) is 10.4 Å². The highest BCUT2D eigenvalue weighted by molar-refractivity contribution is 7.15. The summed E-state index contributed by atoms with van der Waals surface area (Å²) < 4.78 is 7.60. The van der Waals surface area contributed by atoms with Crippen molar-refractivity contribution in [3.63, 3.8) is 0 Å². The fraction of sp³-hybridized carbons (Fsp3) is 0.167. The van der Waals surface area contributed by atoms with E-state index >= 15 is 0 Å². The van der Waals surface area contributed by atoms with Crippen molar-refractivity contribution in [1.82, 2.24) is 14.6 Å². The smallest absolute Gasteiger partial charge is 0.291 e. The fourth-order valence-electron chi connectivity index (χ4n) is 2.38. The summed E-state index contributed by atoms with van der Waals surface area (Å²) in [5.41, 5.74) is 0.734. The molecule has 0 spiro atoms. The quantitative estimate of drug-likeness (QED) is 0.542. The summed E-state index contributed by atoms with van der Waals surface area (Å²) in [5.74, 6) is 1.37. The van der Waals surface area contributed by atoms with Gasteiger partial charge < -0.3 is 4.74 Å². The van der Waals surface area contributed by atoms with Crippen LogP contribution in [-0.2, 0) is 0 Å². The average Bonchev–Trinajstić information content (AvgIpc) is 3.34. The molecule has 0 radical (unpaired) electrons. The predicted molar refractivity (Wildman–Crippen MR) is 101 cm³/mol. The summed E-state index contributed by atoms with van der Waals surface area (Å²) in [5, 5.41) is 6.36. The van der Waals surface area contributed by atoms with Crippen molar-refractivity contribution in [1.29, 1.82) is 0 Å². The minimum Gasteiger partial charge on any atom is -0.494 e. The Morgan fingerprint density at radius 1 is 1.24 bits per heavy atom. The molecule has 7 heteroatoms. The molecule has 0 aliphatic rings. The normalized spacial score (nSPS) is 12.1. The molecule has 0 atom stereocenters. The second kappa shape index (κ2) is 6.78. The molecule has 0 aliphatic heterocycles. The molecule has 5 nitrogen and oxygen atoms in total. The van der Waals surface area contributed by atoms with Gasteiger partial charge in [-0.05, 0) is 48.2 Å². The Morgan fingerprint density at radius 2 is 2.08 bits per heavy atom. The molecular weight excluding hydrogens is 354 g/mol. The lowest BCUT2D eigenvalue weighted by atomic mass is 10.2. The van der Waals surface area contributed by atoms with Gasteiger partial charge in [-0.3, -0.25) is 4.79 Å². The molecule has 4 rings (SSSR count). The molecule has 4 aromatic rings. The first-order valence-electron chi connectivity index (χ1n) is 7.92. The molecule has 1 aromatic carbocycles. The molecule has 0 unspecified atom stereocenters. The van der Waals surface area contributed by atoms with Gasteiger partial charge >= 0.3 is 0 Å². The van der Waals surface area contributed by atoms with Gasteiger partial charge in [-0.25, -0.2) is 0 Å². The number of rotatable bonds is 5. The molecule has 0 aliphatic carbocycles. The molecule has 0 fully saturated rings. The Kier molecular flexibility index (Phi) is 4.33. The fourth-order valence-corrected chi connectivity index (χ4v) is 4.01. The highest BCUT2D eigenvalue weighted by atomic mass is 32.1. The Labute approximate surface area is 151 Å². The van der Waals surface area contributed by atoms with Gasteiger partial charge in [-0.2, -0.15) is 9.50 Å².